The van der Waals surface area contributed by atoms with Crippen molar-refractivity contribution >= 4 is 16.0 Å². The lowest BCUT2D eigenvalue weighted by molar-refractivity contribution is 0.0992. The lowest BCUT2D eigenvalue weighted by Crippen LogP contribution is -2.47. The van der Waals surface area contributed by atoms with Crippen LogP contribution in [0.4, 0.5) is 0 Å². The van der Waals surface area contributed by atoms with Gasteiger partial charge >= 0.3 is 0 Å². The van der Waals surface area contributed by atoms with E-state index < -0.39 is 10.0 Å². The highest BCUT2D eigenvalue weighted by molar-refractivity contribution is 7.89. The summed E-state index contributed by atoms with van der Waals surface area (Å²) < 4.78 is 32.7. The van der Waals surface area contributed by atoms with E-state index >= 15 is 0 Å². The predicted octanol–water partition coefficient (Wildman–Crippen LogP) is 1.85. The largest absolute Gasteiger partial charge is 0.373 e. The number of aliphatic imine (C=N–C) groups is 1. The van der Waals surface area contributed by atoms with Gasteiger partial charge in [-0.15, -0.1) is 0 Å². The van der Waals surface area contributed by atoms with Gasteiger partial charge < -0.3 is 15.4 Å². The highest BCUT2D eigenvalue weighted by atomic mass is 32.2. The molecule has 1 aromatic carbocycles. The van der Waals surface area contributed by atoms with Gasteiger partial charge in [-0.05, 0) is 56.7 Å². The summed E-state index contributed by atoms with van der Waals surface area (Å²) in [5, 5.41) is 6.80. The molecule has 2 N–H and O–H groups in total. The molecule has 0 spiro atoms. The predicted molar refractivity (Wildman–Crippen MR) is 109 cm³/mol. The lowest BCUT2D eigenvalue weighted by atomic mass is 9.96. The Morgan fingerprint density at radius 2 is 1.96 bits per heavy atom. The van der Waals surface area contributed by atoms with Gasteiger partial charge in [-0.2, -0.15) is 4.31 Å². The molecule has 3 fully saturated rings. The van der Waals surface area contributed by atoms with Gasteiger partial charge in [0.05, 0.1) is 29.7 Å². The number of guanidine groups is 1. The molecule has 1 aromatic rings. The maximum atomic E-state index is 12.6. The minimum atomic E-state index is -3.36. The van der Waals surface area contributed by atoms with E-state index in [0.717, 1.165) is 43.8 Å². The van der Waals surface area contributed by atoms with Gasteiger partial charge in [0.25, 0.3) is 0 Å². The molecule has 8 heteroatoms. The summed E-state index contributed by atoms with van der Waals surface area (Å²) >= 11 is 0. The van der Waals surface area contributed by atoms with Crippen LogP contribution in [0.3, 0.4) is 0 Å². The number of nitrogens with zero attached hydrogens (tertiary/aromatic N) is 2. The van der Waals surface area contributed by atoms with Crippen molar-refractivity contribution in [3.8, 4) is 0 Å². The fourth-order valence-corrected chi connectivity index (χ4v) is 5.82. The Hall–Kier alpha value is -1.64. The number of hydrogen-bond acceptors (Lipinski definition) is 4. The van der Waals surface area contributed by atoms with E-state index in [-0.39, 0.29) is 0 Å². The second-order valence-electron chi connectivity index (χ2n) is 7.81. The average molecular weight is 407 g/mol. The van der Waals surface area contributed by atoms with Crippen LogP contribution in [0, 0.1) is 0 Å². The van der Waals surface area contributed by atoms with Crippen molar-refractivity contribution in [2.45, 2.75) is 68.7 Å². The first kappa shape index (κ1) is 19.7. The van der Waals surface area contributed by atoms with Crippen molar-refractivity contribution in [2.24, 2.45) is 4.99 Å². The smallest absolute Gasteiger partial charge is 0.243 e. The van der Waals surface area contributed by atoms with Crippen molar-refractivity contribution in [1.82, 2.24) is 14.9 Å². The molecule has 4 rings (SSSR count). The van der Waals surface area contributed by atoms with Gasteiger partial charge in [-0.1, -0.05) is 12.1 Å². The third-order valence-corrected chi connectivity index (χ3v) is 7.73. The van der Waals surface area contributed by atoms with E-state index in [1.807, 2.05) is 19.1 Å². The second-order valence-corrected chi connectivity index (χ2v) is 9.75. The number of ether oxygens (including phenoxy) is 1. The molecule has 3 heterocycles. The molecule has 0 amide bonds. The van der Waals surface area contributed by atoms with Crippen molar-refractivity contribution < 1.29 is 13.2 Å². The van der Waals surface area contributed by atoms with E-state index in [0.29, 0.717) is 42.8 Å². The standard InChI is InChI=1S/C20H30N4O3S/c1-2-21-20(23-18-13-16-7-10-19(18)27-16)22-14-15-5-8-17(9-6-15)28(25,26)24-11-3-4-12-24/h5-6,8-9,16,18-19H,2-4,7,10-14H2,1H3,(H2,21,22,23). The summed E-state index contributed by atoms with van der Waals surface area (Å²) in [6, 6.07) is 7.43. The zero-order valence-corrected chi connectivity index (χ0v) is 17.2. The molecule has 3 saturated heterocycles. The van der Waals surface area contributed by atoms with Crippen molar-refractivity contribution in [3.63, 3.8) is 0 Å². The first-order valence-electron chi connectivity index (χ1n) is 10.4. The first-order chi connectivity index (χ1) is 13.6. The summed E-state index contributed by atoms with van der Waals surface area (Å²) in [6.07, 6.45) is 5.91. The van der Waals surface area contributed by atoms with Crippen LogP contribution in [0.2, 0.25) is 0 Å². The zero-order chi connectivity index (χ0) is 19.6. The van der Waals surface area contributed by atoms with Crippen LogP contribution in [0.1, 0.15) is 44.6 Å². The Kier molecular flexibility index (Phi) is 5.89. The molecule has 0 aromatic heterocycles. The number of rotatable bonds is 6. The Morgan fingerprint density at radius 3 is 2.57 bits per heavy atom. The molecule has 0 saturated carbocycles. The van der Waals surface area contributed by atoms with Gasteiger partial charge in [0.2, 0.25) is 10.0 Å². The van der Waals surface area contributed by atoms with Gasteiger partial charge in [-0.3, -0.25) is 0 Å². The SMILES string of the molecule is CCNC(=NCc1ccc(S(=O)(=O)N2CCCC2)cc1)NC1CC2CCC1O2. The molecule has 3 aliphatic heterocycles. The zero-order valence-electron chi connectivity index (χ0n) is 16.4. The number of fused-ring (bicyclic) bond motifs is 2. The van der Waals surface area contributed by atoms with Crippen LogP contribution in [-0.4, -0.2) is 56.6 Å². The molecular formula is C20H30N4O3S. The average Bonchev–Trinajstić information content (AvgIpc) is 3.45. The van der Waals surface area contributed by atoms with Gasteiger partial charge in [0.1, 0.15) is 0 Å². The van der Waals surface area contributed by atoms with Crippen molar-refractivity contribution in [1.29, 1.82) is 0 Å². The molecule has 0 radical (unpaired) electrons. The number of sulfonamides is 1. The summed E-state index contributed by atoms with van der Waals surface area (Å²) in [7, 11) is -3.36. The van der Waals surface area contributed by atoms with E-state index in [1.165, 1.54) is 6.42 Å². The Balaban J connectivity index is 1.39. The topological polar surface area (TPSA) is 83.0 Å². The van der Waals surface area contributed by atoms with Gasteiger partial charge in [0.15, 0.2) is 5.96 Å². The van der Waals surface area contributed by atoms with E-state index in [4.69, 9.17) is 4.74 Å². The van der Waals surface area contributed by atoms with Crippen LogP contribution < -0.4 is 10.6 Å². The highest BCUT2D eigenvalue weighted by Crippen LogP contribution is 2.34. The monoisotopic (exact) mass is 406 g/mol. The molecule has 7 nitrogen and oxygen atoms in total. The van der Waals surface area contributed by atoms with E-state index in [9.17, 15) is 8.42 Å². The van der Waals surface area contributed by atoms with Crippen molar-refractivity contribution in [3.05, 3.63) is 29.8 Å². The minimum absolute atomic E-state index is 0.295. The molecule has 0 aliphatic carbocycles. The van der Waals surface area contributed by atoms with Crippen LogP contribution in [-0.2, 0) is 21.3 Å². The van der Waals surface area contributed by atoms with Crippen molar-refractivity contribution in [2.75, 3.05) is 19.6 Å². The van der Waals surface area contributed by atoms with Gasteiger partial charge in [-0.25, -0.2) is 13.4 Å². The summed E-state index contributed by atoms with van der Waals surface area (Å²) in [5.41, 5.74) is 0.988. The molecular weight excluding hydrogens is 376 g/mol. The maximum absolute atomic E-state index is 12.6. The third kappa shape index (κ3) is 4.18. The number of benzene rings is 1. The van der Waals surface area contributed by atoms with Crippen LogP contribution in [0.25, 0.3) is 0 Å². The summed E-state index contributed by atoms with van der Waals surface area (Å²) in [4.78, 5) is 5.05. The fourth-order valence-electron chi connectivity index (χ4n) is 4.30. The molecule has 2 bridgehead atoms. The maximum Gasteiger partial charge on any atom is 0.243 e. The molecule has 28 heavy (non-hydrogen) atoms. The fraction of sp³-hybridized carbons (Fsp3) is 0.650. The third-order valence-electron chi connectivity index (χ3n) is 5.82. The summed E-state index contributed by atoms with van der Waals surface area (Å²) in [5.74, 6) is 0.789. The Labute approximate surface area is 167 Å². The van der Waals surface area contributed by atoms with E-state index in [1.54, 1.807) is 16.4 Å². The van der Waals surface area contributed by atoms with E-state index in [2.05, 4.69) is 15.6 Å². The first-order valence-corrected chi connectivity index (χ1v) is 11.8. The minimum Gasteiger partial charge on any atom is -0.373 e. The molecule has 154 valence electrons. The Bertz CT molecular complexity index is 803. The lowest BCUT2D eigenvalue weighted by Gasteiger charge is -2.22. The molecule has 3 aliphatic rings. The van der Waals surface area contributed by atoms with Crippen LogP contribution >= 0.6 is 0 Å². The molecule has 3 atom stereocenters. The Morgan fingerprint density at radius 1 is 1.21 bits per heavy atom. The number of nitrogens with one attached hydrogen (secondary N) is 2. The quantitative estimate of drug-likeness (QED) is 0.556. The van der Waals surface area contributed by atoms with Crippen LogP contribution in [0.5, 0.6) is 0 Å². The van der Waals surface area contributed by atoms with Crippen LogP contribution in [0.15, 0.2) is 34.2 Å². The summed E-state index contributed by atoms with van der Waals surface area (Å²) in [6.45, 7) is 4.59. The highest BCUT2D eigenvalue weighted by Gasteiger charge is 2.41. The number of hydrogen-bond donors (Lipinski definition) is 2. The van der Waals surface area contributed by atoms with Gasteiger partial charge in [0, 0.05) is 19.6 Å². The second kappa shape index (κ2) is 8.39. The normalized spacial score (nSPS) is 28.0. The molecule has 3 unspecified atom stereocenters.